The molecule has 0 saturated carbocycles. The lowest BCUT2D eigenvalue weighted by molar-refractivity contribution is -0.0324. The number of morpholine rings is 1. The van der Waals surface area contributed by atoms with Crippen molar-refractivity contribution in [1.82, 2.24) is 15.0 Å². The van der Waals surface area contributed by atoms with E-state index in [0.29, 0.717) is 31.5 Å². The van der Waals surface area contributed by atoms with Gasteiger partial charge in [0.25, 0.3) is 0 Å². The molecule has 6 nitrogen and oxygen atoms in total. The van der Waals surface area contributed by atoms with Crippen LogP contribution in [-0.4, -0.2) is 52.6 Å². The Labute approximate surface area is 94.2 Å². The Hall–Kier alpha value is -0.980. The first kappa shape index (κ1) is 11.5. The average Bonchev–Trinajstić information content (AvgIpc) is 2.77. The second-order valence-electron chi connectivity index (χ2n) is 3.84. The molecule has 2 rings (SSSR count). The van der Waals surface area contributed by atoms with Gasteiger partial charge in [0.05, 0.1) is 32.4 Å². The zero-order valence-corrected chi connectivity index (χ0v) is 9.43. The van der Waals surface area contributed by atoms with Gasteiger partial charge in [-0.3, -0.25) is 4.90 Å². The van der Waals surface area contributed by atoms with Gasteiger partial charge in [0, 0.05) is 13.0 Å². The summed E-state index contributed by atoms with van der Waals surface area (Å²) < 4.78 is 10.3. The van der Waals surface area contributed by atoms with E-state index in [0.717, 1.165) is 13.0 Å². The number of rotatable bonds is 4. The number of aliphatic hydroxyl groups excluding tert-OH is 1. The highest BCUT2D eigenvalue weighted by Gasteiger charge is 2.23. The Balaban J connectivity index is 1.96. The molecule has 0 amide bonds. The normalized spacial score (nSPS) is 22.5. The third-order valence-electron chi connectivity index (χ3n) is 2.72. The molecule has 1 saturated heterocycles. The Kier molecular flexibility index (Phi) is 3.87. The highest BCUT2D eigenvalue weighted by molar-refractivity contribution is 4.88. The molecular weight excluding hydrogens is 210 g/mol. The first-order valence-electron chi connectivity index (χ1n) is 5.57. The van der Waals surface area contributed by atoms with Crippen LogP contribution in [0.5, 0.6) is 0 Å². The third kappa shape index (κ3) is 2.58. The van der Waals surface area contributed by atoms with Crippen molar-refractivity contribution in [3.63, 3.8) is 0 Å². The van der Waals surface area contributed by atoms with E-state index in [2.05, 4.69) is 15.0 Å². The molecule has 0 aromatic carbocycles. The number of aryl methyl sites for hydroxylation is 1. The van der Waals surface area contributed by atoms with Gasteiger partial charge in [-0.1, -0.05) is 12.1 Å². The molecule has 6 heteroatoms. The van der Waals surface area contributed by atoms with E-state index in [1.165, 1.54) is 0 Å². The predicted octanol–water partition coefficient (Wildman–Crippen LogP) is -0.175. The van der Waals surface area contributed by atoms with Gasteiger partial charge in [-0.2, -0.15) is 4.98 Å². The first-order chi connectivity index (χ1) is 7.83. The molecule has 0 aliphatic carbocycles. The van der Waals surface area contributed by atoms with Crippen LogP contribution in [0, 0.1) is 0 Å². The van der Waals surface area contributed by atoms with Crippen molar-refractivity contribution in [1.29, 1.82) is 0 Å². The van der Waals surface area contributed by atoms with Crippen molar-refractivity contribution in [2.75, 3.05) is 26.4 Å². The number of nitrogens with zero attached hydrogens (tertiary/aromatic N) is 3. The summed E-state index contributed by atoms with van der Waals surface area (Å²) in [6.07, 6.45) is 0.750. The number of aliphatic hydroxyl groups is 1. The maximum absolute atomic E-state index is 9.20. The van der Waals surface area contributed by atoms with Crippen molar-refractivity contribution in [2.24, 2.45) is 0 Å². The minimum absolute atomic E-state index is 0.0392. The van der Waals surface area contributed by atoms with E-state index < -0.39 is 0 Å². The first-order valence-corrected chi connectivity index (χ1v) is 5.57. The van der Waals surface area contributed by atoms with Gasteiger partial charge in [0.15, 0.2) is 5.82 Å². The zero-order valence-electron chi connectivity index (χ0n) is 9.43. The van der Waals surface area contributed by atoms with E-state index in [1.807, 2.05) is 6.92 Å². The lowest BCUT2D eigenvalue weighted by atomic mass is 10.2. The monoisotopic (exact) mass is 227 g/mol. The molecule has 1 fully saturated rings. The average molecular weight is 227 g/mol. The molecular formula is C10H17N3O3. The molecule has 16 heavy (non-hydrogen) atoms. The molecule has 1 aliphatic heterocycles. The summed E-state index contributed by atoms with van der Waals surface area (Å²) in [5, 5.41) is 13.1. The van der Waals surface area contributed by atoms with Gasteiger partial charge in [-0.25, -0.2) is 0 Å². The number of hydrogen-bond donors (Lipinski definition) is 1. The molecule has 1 atom stereocenters. The maximum Gasteiger partial charge on any atom is 0.226 e. The fourth-order valence-electron chi connectivity index (χ4n) is 1.75. The van der Waals surface area contributed by atoms with Crippen molar-refractivity contribution in [2.45, 2.75) is 25.9 Å². The van der Waals surface area contributed by atoms with Crippen LogP contribution in [0.3, 0.4) is 0 Å². The standard InChI is InChI=1S/C10H17N3O3/c1-2-10-11-9(12-16-10)5-13-3-4-15-7-8(13)6-14/h8,14H,2-7H2,1H3. The number of hydrogen-bond acceptors (Lipinski definition) is 6. The maximum atomic E-state index is 9.20. The van der Waals surface area contributed by atoms with E-state index in [-0.39, 0.29) is 12.6 Å². The summed E-state index contributed by atoms with van der Waals surface area (Å²) in [6.45, 7) is 4.73. The van der Waals surface area contributed by atoms with E-state index in [4.69, 9.17) is 9.26 Å². The highest BCUT2D eigenvalue weighted by atomic mass is 16.5. The van der Waals surface area contributed by atoms with E-state index in [1.54, 1.807) is 0 Å². The van der Waals surface area contributed by atoms with Crippen LogP contribution in [0.1, 0.15) is 18.6 Å². The zero-order chi connectivity index (χ0) is 11.4. The molecule has 1 aliphatic rings. The summed E-state index contributed by atoms with van der Waals surface area (Å²) in [7, 11) is 0. The van der Waals surface area contributed by atoms with Crippen molar-refractivity contribution in [3.8, 4) is 0 Å². The largest absolute Gasteiger partial charge is 0.395 e. The smallest absolute Gasteiger partial charge is 0.226 e. The summed E-state index contributed by atoms with van der Waals surface area (Å²) in [5.41, 5.74) is 0. The van der Waals surface area contributed by atoms with Crippen LogP contribution >= 0.6 is 0 Å². The minimum atomic E-state index is 0.0392. The Bertz CT molecular complexity index is 329. The number of aromatic nitrogens is 2. The Morgan fingerprint density at radius 3 is 3.12 bits per heavy atom. The van der Waals surface area contributed by atoms with Crippen LogP contribution in [0.25, 0.3) is 0 Å². The fourth-order valence-corrected chi connectivity index (χ4v) is 1.75. The SMILES string of the molecule is CCc1nc(CN2CCOCC2CO)no1. The second-order valence-corrected chi connectivity index (χ2v) is 3.84. The van der Waals surface area contributed by atoms with E-state index in [9.17, 15) is 5.11 Å². The summed E-state index contributed by atoms with van der Waals surface area (Å²) in [4.78, 5) is 6.37. The second kappa shape index (κ2) is 5.38. The van der Waals surface area contributed by atoms with Crippen molar-refractivity contribution < 1.29 is 14.4 Å². The highest BCUT2D eigenvalue weighted by Crippen LogP contribution is 2.10. The van der Waals surface area contributed by atoms with Crippen LogP contribution in [0.2, 0.25) is 0 Å². The van der Waals surface area contributed by atoms with Gasteiger partial charge in [0.1, 0.15) is 0 Å². The molecule has 90 valence electrons. The van der Waals surface area contributed by atoms with Gasteiger partial charge in [-0.05, 0) is 0 Å². The molecule has 1 aromatic heterocycles. The Morgan fingerprint density at radius 2 is 2.44 bits per heavy atom. The van der Waals surface area contributed by atoms with Crippen LogP contribution < -0.4 is 0 Å². The number of ether oxygens (including phenoxy) is 1. The summed E-state index contributed by atoms with van der Waals surface area (Å²) >= 11 is 0. The molecule has 2 heterocycles. The van der Waals surface area contributed by atoms with Gasteiger partial charge >= 0.3 is 0 Å². The van der Waals surface area contributed by atoms with Gasteiger partial charge < -0.3 is 14.4 Å². The predicted molar refractivity (Wildman–Crippen MR) is 55.8 cm³/mol. The molecule has 0 bridgehead atoms. The van der Waals surface area contributed by atoms with Gasteiger partial charge in [0.2, 0.25) is 5.89 Å². The quantitative estimate of drug-likeness (QED) is 0.769. The molecule has 0 radical (unpaired) electrons. The lowest BCUT2D eigenvalue weighted by Gasteiger charge is -2.33. The third-order valence-corrected chi connectivity index (χ3v) is 2.72. The van der Waals surface area contributed by atoms with Gasteiger partial charge in [-0.15, -0.1) is 0 Å². The van der Waals surface area contributed by atoms with Crippen LogP contribution in [0.15, 0.2) is 4.52 Å². The van der Waals surface area contributed by atoms with Crippen LogP contribution in [0.4, 0.5) is 0 Å². The molecule has 1 N–H and O–H groups in total. The van der Waals surface area contributed by atoms with Crippen molar-refractivity contribution in [3.05, 3.63) is 11.7 Å². The lowest BCUT2D eigenvalue weighted by Crippen LogP contribution is -2.47. The fraction of sp³-hybridized carbons (Fsp3) is 0.800. The minimum Gasteiger partial charge on any atom is -0.395 e. The molecule has 0 spiro atoms. The summed E-state index contributed by atoms with van der Waals surface area (Å²) in [6, 6.07) is 0.0392. The molecule has 1 unspecified atom stereocenters. The Morgan fingerprint density at radius 1 is 1.56 bits per heavy atom. The summed E-state index contributed by atoms with van der Waals surface area (Å²) in [5.74, 6) is 1.33. The van der Waals surface area contributed by atoms with Crippen LogP contribution in [-0.2, 0) is 17.7 Å². The van der Waals surface area contributed by atoms with Crippen molar-refractivity contribution >= 4 is 0 Å². The topological polar surface area (TPSA) is 71.6 Å². The van der Waals surface area contributed by atoms with E-state index >= 15 is 0 Å². The molecule has 1 aromatic rings.